The minimum Gasteiger partial charge on any atom is -0.497 e. The molecule has 0 aliphatic rings. The molecule has 0 atom stereocenters. The fourth-order valence-corrected chi connectivity index (χ4v) is 2.14. The molecule has 1 aromatic carbocycles. The molecular formula is C16H15N3O2. The monoisotopic (exact) mass is 281 g/mol. The van der Waals surface area contributed by atoms with Gasteiger partial charge in [0.05, 0.1) is 19.2 Å². The molecule has 106 valence electrons. The molecule has 1 amide bonds. The van der Waals surface area contributed by atoms with Crippen LogP contribution in [0.4, 0.5) is 5.69 Å². The molecule has 2 heterocycles. The number of hydrogen-bond acceptors (Lipinski definition) is 3. The van der Waals surface area contributed by atoms with Gasteiger partial charge in [0.2, 0.25) is 5.91 Å². The lowest BCUT2D eigenvalue weighted by atomic mass is 10.2. The summed E-state index contributed by atoms with van der Waals surface area (Å²) in [5, 5.41) is 2.84. The first kappa shape index (κ1) is 13.2. The summed E-state index contributed by atoms with van der Waals surface area (Å²) in [5.41, 5.74) is 2.28. The predicted octanol–water partition coefficient (Wildman–Crippen LogP) is 2.52. The third-order valence-corrected chi connectivity index (χ3v) is 3.11. The van der Waals surface area contributed by atoms with E-state index < -0.39 is 0 Å². The third kappa shape index (κ3) is 3.02. The second-order valence-corrected chi connectivity index (χ2v) is 4.66. The maximum absolute atomic E-state index is 12.1. The van der Waals surface area contributed by atoms with Crippen molar-refractivity contribution >= 4 is 17.2 Å². The van der Waals surface area contributed by atoms with Gasteiger partial charge in [0.15, 0.2) is 0 Å². The van der Waals surface area contributed by atoms with Gasteiger partial charge in [-0.1, -0.05) is 12.1 Å². The van der Waals surface area contributed by atoms with Crippen LogP contribution in [0.25, 0.3) is 5.65 Å². The van der Waals surface area contributed by atoms with Crippen molar-refractivity contribution in [1.29, 1.82) is 0 Å². The molecule has 0 fully saturated rings. The molecule has 3 rings (SSSR count). The second kappa shape index (κ2) is 5.66. The number of amides is 1. The van der Waals surface area contributed by atoms with Crippen LogP contribution in [-0.2, 0) is 11.2 Å². The summed E-state index contributed by atoms with van der Waals surface area (Å²) < 4.78 is 7.02. The van der Waals surface area contributed by atoms with Crippen LogP contribution in [0.2, 0.25) is 0 Å². The van der Waals surface area contributed by atoms with E-state index in [-0.39, 0.29) is 12.3 Å². The fraction of sp³-hybridized carbons (Fsp3) is 0.125. The van der Waals surface area contributed by atoms with Gasteiger partial charge in [-0.2, -0.15) is 0 Å². The van der Waals surface area contributed by atoms with Crippen molar-refractivity contribution in [3.63, 3.8) is 0 Å². The summed E-state index contributed by atoms with van der Waals surface area (Å²) in [6.45, 7) is 0. The molecule has 5 heteroatoms. The van der Waals surface area contributed by atoms with E-state index in [2.05, 4.69) is 10.3 Å². The summed E-state index contributed by atoms with van der Waals surface area (Å²) in [4.78, 5) is 16.5. The average molecular weight is 281 g/mol. The zero-order valence-electron chi connectivity index (χ0n) is 11.6. The minimum atomic E-state index is -0.105. The Bertz CT molecular complexity index is 747. The van der Waals surface area contributed by atoms with Gasteiger partial charge in [0.1, 0.15) is 11.4 Å². The van der Waals surface area contributed by atoms with Crippen LogP contribution >= 0.6 is 0 Å². The van der Waals surface area contributed by atoms with Crippen molar-refractivity contribution in [2.45, 2.75) is 6.42 Å². The number of anilines is 1. The molecule has 2 aromatic heterocycles. The first-order valence-corrected chi connectivity index (χ1v) is 6.61. The molecule has 0 aliphatic carbocycles. The van der Waals surface area contributed by atoms with Crippen LogP contribution < -0.4 is 10.1 Å². The predicted molar refractivity (Wildman–Crippen MR) is 80.5 cm³/mol. The number of benzene rings is 1. The molecule has 0 aliphatic heterocycles. The van der Waals surface area contributed by atoms with E-state index in [1.54, 1.807) is 13.2 Å². The minimum absolute atomic E-state index is 0.105. The number of hydrogen-bond donors (Lipinski definition) is 1. The van der Waals surface area contributed by atoms with Crippen molar-refractivity contribution < 1.29 is 9.53 Å². The van der Waals surface area contributed by atoms with E-state index in [1.807, 2.05) is 53.2 Å². The first-order valence-electron chi connectivity index (χ1n) is 6.61. The normalized spacial score (nSPS) is 10.5. The Morgan fingerprint density at radius 2 is 2.19 bits per heavy atom. The van der Waals surface area contributed by atoms with Gasteiger partial charge in [-0.3, -0.25) is 4.79 Å². The topological polar surface area (TPSA) is 55.6 Å². The van der Waals surface area contributed by atoms with E-state index in [9.17, 15) is 4.79 Å². The number of rotatable bonds is 4. The Morgan fingerprint density at radius 1 is 1.29 bits per heavy atom. The molecular weight excluding hydrogens is 266 g/mol. The Hall–Kier alpha value is -2.82. The number of pyridine rings is 1. The van der Waals surface area contributed by atoms with E-state index in [0.717, 1.165) is 11.3 Å². The smallest absolute Gasteiger partial charge is 0.230 e. The Balaban J connectivity index is 1.70. The number of methoxy groups -OCH3 is 1. The number of fused-ring (bicyclic) bond motifs is 1. The van der Waals surface area contributed by atoms with Crippen molar-refractivity contribution in [3.05, 3.63) is 60.6 Å². The number of carbonyl (C=O) groups excluding carboxylic acids is 1. The van der Waals surface area contributed by atoms with Gasteiger partial charge in [-0.15, -0.1) is 0 Å². The molecule has 0 radical (unpaired) electrons. The zero-order chi connectivity index (χ0) is 14.7. The number of nitrogens with zero attached hydrogens (tertiary/aromatic N) is 2. The van der Waals surface area contributed by atoms with E-state index in [1.165, 1.54) is 0 Å². The van der Waals surface area contributed by atoms with Gasteiger partial charge >= 0.3 is 0 Å². The molecule has 0 saturated carbocycles. The van der Waals surface area contributed by atoms with Crippen LogP contribution in [0.3, 0.4) is 0 Å². The van der Waals surface area contributed by atoms with Crippen molar-refractivity contribution in [3.8, 4) is 5.75 Å². The highest BCUT2D eigenvalue weighted by Crippen LogP contribution is 2.17. The quantitative estimate of drug-likeness (QED) is 0.799. The van der Waals surface area contributed by atoms with Gasteiger partial charge in [0, 0.05) is 24.1 Å². The Morgan fingerprint density at radius 3 is 3.00 bits per heavy atom. The van der Waals surface area contributed by atoms with Crippen LogP contribution in [0.1, 0.15) is 5.69 Å². The van der Waals surface area contributed by atoms with E-state index in [4.69, 9.17) is 4.74 Å². The van der Waals surface area contributed by atoms with E-state index >= 15 is 0 Å². The largest absolute Gasteiger partial charge is 0.497 e. The van der Waals surface area contributed by atoms with Crippen LogP contribution in [0, 0.1) is 0 Å². The van der Waals surface area contributed by atoms with Gasteiger partial charge in [0.25, 0.3) is 0 Å². The molecule has 0 bridgehead atoms. The summed E-state index contributed by atoms with van der Waals surface area (Å²) in [5.74, 6) is 0.604. The number of carbonyl (C=O) groups is 1. The molecule has 5 nitrogen and oxygen atoms in total. The number of imidazole rings is 1. The lowest BCUT2D eigenvalue weighted by molar-refractivity contribution is -0.115. The summed E-state index contributed by atoms with van der Waals surface area (Å²) >= 11 is 0. The molecule has 3 aromatic rings. The highest BCUT2D eigenvalue weighted by molar-refractivity contribution is 5.92. The van der Waals surface area contributed by atoms with Crippen LogP contribution in [0.5, 0.6) is 5.75 Å². The van der Waals surface area contributed by atoms with Crippen molar-refractivity contribution in [2.24, 2.45) is 0 Å². The van der Waals surface area contributed by atoms with E-state index in [0.29, 0.717) is 11.4 Å². The highest BCUT2D eigenvalue weighted by Gasteiger charge is 2.08. The van der Waals surface area contributed by atoms with Gasteiger partial charge in [-0.25, -0.2) is 4.98 Å². The number of ether oxygens (including phenoxy) is 1. The van der Waals surface area contributed by atoms with Crippen LogP contribution in [-0.4, -0.2) is 22.4 Å². The average Bonchev–Trinajstić information content (AvgIpc) is 2.89. The summed E-state index contributed by atoms with van der Waals surface area (Å²) in [6, 6.07) is 13.0. The Kier molecular flexibility index (Phi) is 3.55. The summed E-state index contributed by atoms with van der Waals surface area (Å²) in [6.07, 6.45) is 4.01. The number of nitrogens with one attached hydrogen (secondary N) is 1. The van der Waals surface area contributed by atoms with Crippen molar-refractivity contribution in [2.75, 3.05) is 12.4 Å². The standard InChI is InChI=1S/C16H15N3O2/c1-21-14-6-4-5-12(9-14)18-16(20)10-13-11-19-8-3-2-7-15(19)17-13/h2-9,11H,10H2,1H3,(H,18,20). The Labute approximate surface area is 122 Å². The van der Waals surface area contributed by atoms with Crippen LogP contribution in [0.15, 0.2) is 54.9 Å². The lowest BCUT2D eigenvalue weighted by Gasteiger charge is -2.05. The third-order valence-electron chi connectivity index (χ3n) is 3.11. The molecule has 21 heavy (non-hydrogen) atoms. The van der Waals surface area contributed by atoms with Gasteiger partial charge < -0.3 is 14.5 Å². The molecule has 1 N–H and O–H groups in total. The fourth-order valence-electron chi connectivity index (χ4n) is 2.14. The number of aromatic nitrogens is 2. The SMILES string of the molecule is COc1cccc(NC(=O)Cc2cn3ccccc3n2)c1. The maximum atomic E-state index is 12.1. The maximum Gasteiger partial charge on any atom is 0.230 e. The molecule has 0 unspecified atom stereocenters. The molecule has 0 saturated heterocycles. The van der Waals surface area contributed by atoms with Gasteiger partial charge in [-0.05, 0) is 24.3 Å². The highest BCUT2D eigenvalue weighted by atomic mass is 16.5. The molecule has 0 spiro atoms. The zero-order valence-corrected chi connectivity index (χ0v) is 11.6. The second-order valence-electron chi connectivity index (χ2n) is 4.66. The van der Waals surface area contributed by atoms with Crippen molar-refractivity contribution in [1.82, 2.24) is 9.38 Å². The lowest BCUT2D eigenvalue weighted by Crippen LogP contribution is -2.14. The summed E-state index contributed by atoms with van der Waals surface area (Å²) in [7, 11) is 1.59. The first-order chi connectivity index (χ1) is 10.2.